The number of hydrogen-bond acceptors (Lipinski definition) is 6. The third-order valence-electron chi connectivity index (χ3n) is 2.74. The Balaban J connectivity index is 2.28. The highest BCUT2D eigenvalue weighted by Gasteiger charge is 2.44. The molecule has 2 unspecified atom stereocenters. The minimum Gasteiger partial charge on any atom is -0.258 e. The lowest BCUT2D eigenvalue weighted by molar-refractivity contribution is -0.384. The number of non-ortho nitro benzene ring substituents is 1. The first-order chi connectivity index (χ1) is 9.58. The Labute approximate surface area is 135 Å². The van der Waals surface area contributed by atoms with Gasteiger partial charge in [-0.3, -0.25) is 10.1 Å². The van der Waals surface area contributed by atoms with E-state index in [9.17, 15) is 18.5 Å². The number of hydrogen-bond donors (Lipinski definition) is 0. The fourth-order valence-electron chi connectivity index (χ4n) is 1.77. The molecule has 116 valence electrons. The maximum Gasteiger partial charge on any atom is 0.400 e. The van der Waals surface area contributed by atoms with Crippen molar-refractivity contribution in [1.29, 1.82) is 0 Å². The Hall–Kier alpha value is -0.640. The number of alkyl halides is 3. The number of nitro benzene ring substituents is 1. The summed E-state index contributed by atoms with van der Waals surface area (Å²) in [5, 5.41) is 10.6. The number of nitro groups is 1. The third-order valence-corrected chi connectivity index (χ3v) is 4.40. The summed E-state index contributed by atoms with van der Waals surface area (Å²) in [6.07, 6.45) is -2.21. The van der Waals surface area contributed by atoms with Crippen LogP contribution in [-0.2, 0) is 18.8 Å². The Morgan fingerprint density at radius 1 is 1.19 bits per heavy atom. The van der Waals surface area contributed by atoms with Crippen molar-refractivity contribution in [2.45, 2.75) is 22.4 Å². The molecule has 0 aromatic heterocycles. The quantitative estimate of drug-likeness (QED) is 0.447. The van der Waals surface area contributed by atoms with E-state index >= 15 is 0 Å². The van der Waals surface area contributed by atoms with Gasteiger partial charge in [0.2, 0.25) is 3.79 Å². The van der Waals surface area contributed by atoms with E-state index in [1.54, 1.807) is 0 Å². The van der Waals surface area contributed by atoms with Gasteiger partial charge in [0.1, 0.15) is 12.2 Å². The zero-order valence-electron chi connectivity index (χ0n) is 10.1. The average molecular weight is 377 g/mol. The van der Waals surface area contributed by atoms with Gasteiger partial charge in [-0.1, -0.05) is 34.8 Å². The van der Waals surface area contributed by atoms with E-state index < -0.39 is 31.3 Å². The van der Waals surface area contributed by atoms with Gasteiger partial charge >= 0.3 is 10.4 Å². The molecule has 0 spiro atoms. The Morgan fingerprint density at radius 2 is 1.76 bits per heavy atom. The van der Waals surface area contributed by atoms with Gasteiger partial charge in [0.05, 0.1) is 4.92 Å². The van der Waals surface area contributed by atoms with E-state index in [4.69, 9.17) is 39.0 Å². The first-order valence-electron chi connectivity index (χ1n) is 5.51. The molecule has 1 fully saturated rings. The predicted molar refractivity (Wildman–Crippen MR) is 75.6 cm³/mol. The van der Waals surface area contributed by atoms with Crippen LogP contribution in [0.15, 0.2) is 24.3 Å². The zero-order chi connectivity index (χ0) is 15.8. The smallest absolute Gasteiger partial charge is 0.258 e. The van der Waals surface area contributed by atoms with Crippen LogP contribution in [0, 0.1) is 10.1 Å². The van der Waals surface area contributed by atoms with Gasteiger partial charge in [0.25, 0.3) is 5.69 Å². The van der Waals surface area contributed by atoms with E-state index in [1.807, 2.05) is 0 Å². The topological polar surface area (TPSA) is 95.7 Å². The average Bonchev–Trinajstić information content (AvgIpc) is 2.36. The van der Waals surface area contributed by atoms with Crippen molar-refractivity contribution < 1.29 is 21.7 Å². The zero-order valence-corrected chi connectivity index (χ0v) is 13.2. The minimum atomic E-state index is -4.33. The van der Waals surface area contributed by atoms with E-state index in [0.29, 0.717) is 5.56 Å². The van der Waals surface area contributed by atoms with Gasteiger partial charge in [0, 0.05) is 18.6 Å². The van der Waals surface area contributed by atoms with Gasteiger partial charge in [0.15, 0.2) is 0 Å². The molecule has 1 aromatic rings. The molecule has 0 N–H and O–H groups in total. The number of benzene rings is 1. The van der Waals surface area contributed by atoms with Crippen LogP contribution in [0.2, 0.25) is 0 Å². The van der Waals surface area contributed by atoms with Crippen molar-refractivity contribution in [2.24, 2.45) is 0 Å². The van der Waals surface area contributed by atoms with Crippen LogP contribution >= 0.6 is 34.8 Å². The fraction of sp³-hybridized carbons (Fsp3) is 0.400. The van der Waals surface area contributed by atoms with Crippen molar-refractivity contribution >= 4 is 50.9 Å². The highest BCUT2D eigenvalue weighted by molar-refractivity contribution is 7.81. The van der Waals surface area contributed by atoms with Crippen molar-refractivity contribution in [3.63, 3.8) is 0 Å². The van der Waals surface area contributed by atoms with Gasteiger partial charge < -0.3 is 0 Å². The van der Waals surface area contributed by atoms with Crippen molar-refractivity contribution in [1.82, 2.24) is 0 Å². The summed E-state index contributed by atoms with van der Waals surface area (Å²) in [6.45, 7) is 0. The first-order valence-corrected chi connectivity index (χ1v) is 7.98. The van der Waals surface area contributed by atoms with Crippen LogP contribution in [0.5, 0.6) is 0 Å². The van der Waals surface area contributed by atoms with Gasteiger partial charge in [-0.25, -0.2) is 8.37 Å². The molecular formula is C10H8Cl3NO6S. The van der Waals surface area contributed by atoms with Gasteiger partial charge in [-0.15, -0.1) is 0 Å². The molecule has 1 aliphatic rings. The lowest BCUT2D eigenvalue weighted by Gasteiger charge is -2.32. The summed E-state index contributed by atoms with van der Waals surface area (Å²) in [4.78, 5) is 10.0. The second kappa shape index (κ2) is 5.86. The summed E-state index contributed by atoms with van der Waals surface area (Å²) >= 11 is 17.0. The molecule has 2 rings (SSSR count). The van der Waals surface area contributed by atoms with Crippen molar-refractivity contribution in [3.05, 3.63) is 39.9 Å². The summed E-state index contributed by atoms with van der Waals surface area (Å²) in [5.74, 6) is 0. The Kier molecular flexibility index (Phi) is 4.67. The van der Waals surface area contributed by atoms with Crippen LogP contribution in [-0.4, -0.2) is 23.2 Å². The molecule has 0 amide bonds. The highest BCUT2D eigenvalue weighted by Crippen LogP contribution is 2.42. The normalized spacial score (nSPS) is 25.5. The van der Waals surface area contributed by atoms with Crippen LogP contribution < -0.4 is 0 Å². The predicted octanol–water partition coefficient (Wildman–Crippen LogP) is 3.06. The molecule has 1 aliphatic heterocycles. The van der Waals surface area contributed by atoms with Gasteiger partial charge in [-0.2, -0.15) is 8.42 Å². The standard InChI is InChI=1S/C10H8Cl3NO6S/c11-10(12,13)9-5-8(19-21(17,18)20-9)6-1-3-7(4-2-6)14(15)16/h1-4,8-9H,5H2. The van der Waals surface area contributed by atoms with E-state index in [0.717, 1.165) is 0 Å². The van der Waals surface area contributed by atoms with Crippen molar-refractivity contribution in [3.8, 4) is 0 Å². The molecule has 0 radical (unpaired) electrons. The molecule has 0 bridgehead atoms. The van der Waals surface area contributed by atoms with Gasteiger partial charge in [-0.05, 0) is 17.7 Å². The van der Waals surface area contributed by atoms with Crippen LogP contribution in [0.4, 0.5) is 5.69 Å². The lowest BCUT2D eigenvalue weighted by atomic mass is 10.0. The summed E-state index contributed by atoms with van der Waals surface area (Å²) in [5.41, 5.74) is 0.262. The first kappa shape index (κ1) is 16.7. The maximum absolute atomic E-state index is 11.5. The second-order valence-corrected chi connectivity index (χ2v) is 7.77. The molecule has 1 heterocycles. The Morgan fingerprint density at radius 3 is 2.24 bits per heavy atom. The fourth-order valence-corrected chi connectivity index (χ4v) is 3.36. The SMILES string of the molecule is O=[N+]([O-])c1ccc(C2CC(C(Cl)(Cl)Cl)OS(=O)(=O)O2)cc1. The van der Waals surface area contributed by atoms with Crippen molar-refractivity contribution in [2.75, 3.05) is 0 Å². The largest absolute Gasteiger partial charge is 0.400 e. The highest BCUT2D eigenvalue weighted by atomic mass is 35.6. The second-order valence-electron chi connectivity index (χ2n) is 4.20. The summed E-state index contributed by atoms with van der Waals surface area (Å²) in [6, 6.07) is 5.20. The molecule has 2 atom stereocenters. The molecule has 1 saturated heterocycles. The molecule has 11 heteroatoms. The third kappa shape index (κ3) is 4.18. The monoisotopic (exact) mass is 375 g/mol. The molecule has 0 saturated carbocycles. The minimum absolute atomic E-state index is 0.0342. The van der Waals surface area contributed by atoms with E-state index in [-0.39, 0.29) is 12.1 Å². The molecule has 1 aromatic carbocycles. The van der Waals surface area contributed by atoms with Crippen LogP contribution in [0.25, 0.3) is 0 Å². The summed E-state index contributed by atoms with van der Waals surface area (Å²) < 4.78 is 30.5. The number of rotatable bonds is 2. The number of nitrogens with zero attached hydrogens (tertiary/aromatic N) is 1. The number of halogens is 3. The van der Waals surface area contributed by atoms with Crippen LogP contribution in [0.3, 0.4) is 0 Å². The van der Waals surface area contributed by atoms with E-state index in [1.165, 1.54) is 24.3 Å². The lowest BCUT2D eigenvalue weighted by Crippen LogP contribution is -2.38. The van der Waals surface area contributed by atoms with E-state index in [2.05, 4.69) is 4.18 Å². The Bertz CT molecular complexity index is 642. The molecular weight excluding hydrogens is 369 g/mol. The molecule has 7 nitrogen and oxygen atoms in total. The van der Waals surface area contributed by atoms with Crippen LogP contribution in [0.1, 0.15) is 18.1 Å². The molecule has 21 heavy (non-hydrogen) atoms. The maximum atomic E-state index is 11.5. The molecule has 0 aliphatic carbocycles. The summed E-state index contributed by atoms with van der Waals surface area (Å²) in [7, 11) is -4.33.